The van der Waals surface area contributed by atoms with Gasteiger partial charge in [0, 0.05) is 26.2 Å². The number of aryl methyl sites for hydroxylation is 1. The third kappa shape index (κ3) is 4.55. The average molecular weight is 381 g/mol. The summed E-state index contributed by atoms with van der Waals surface area (Å²) in [7, 11) is -3.63. The molecule has 0 bridgehead atoms. The van der Waals surface area contributed by atoms with E-state index in [1.807, 2.05) is 39.0 Å². The molecule has 0 saturated carbocycles. The summed E-state index contributed by atoms with van der Waals surface area (Å²) in [5.74, 6) is -0.126. The molecule has 0 N–H and O–H groups in total. The summed E-state index contributed by atoms with van der Waals surface area (Å²) in [6.07, 6.45) is 1.90. The minimum absolute atomic E-state index is 0.125. The first-order chi connectivity index (χ1) is 12.1. The van der Waals surface area contributed by atoms with Gasteiger partial charge in [0.1, 0.15) is 6.54 Å². The zero-order chi connectivity index (χ0) is 19.5. The zero-order valence-corrected chi connectivity index (χ0v) is 16.6. The normalized spacial score (nSPS) is 15.3. The summed E-state index contributed by atoms with van der Waals surface area (Å²) >= 11 is 0. The van der Waals surface area contributed by atoms with Gasteiger partial charge in [-0.05, 0) is 24.0 Å². The second-order valence-corrected chi connectivity index (χ2v) is 8.87. The van der Waals surface area contributed by atoms with Crippen LogP contribution in [-0.4, -0.2) is 69.5 Å². The number of hydrogen-bond donors (Lipinski definition) is 0. The molecule has 8 heteroatoms. The van der Waals surface area contributed by atoms with Crippen LogP contribution in [0.25, 0.3) is 0 Å². The number of amides is 2. The van der Waals surface area contributed by atoms with Crippen molar-refractivity contribution in [2.24, 2.45) is 0 Å². The minimum Gasteiger partial charge on any atom is -0.342 e. The molecule has 1 aliphatic heterocycles. The molecule has 2 amide bonds. The van der Waals surface area contributed by atoms with Crippen LogP contribution in [0.1, 0.15) is 30.9 Å². The van der Waals surface area contributed by atoms with E-state index in [4.69, 9.17) is 0 Å². The molecule has 0 aromatic heterocycles. The van der Waals surface area contributed by atoms with Gasteiger partial charge in [-0.2, -0.15) is 0 Å². The largest absolute Gasteiger partial charge is 0.342 e. The summed E-state index contributed by atoms with van der Waals surface area (Å²) in [5.41, 5.74) is 2.30. The fourth-order valence-corrected chi connectivity index (χ4v) is 4.08. The van der Waals surface area contributed by atoms with E-state index >= 15 is 0 Å². The van der Waals surface area contributed by atoms with Gasteiger partial charge in [-0.25, -0.2) is 8.42 Å². The average Bonchev–Trinajstić information content (AvgIpc) is 2.58. The van der Waals surface area contributed by atoms with Crippen molar-refractivity contribution in [1.29, 1.82) is 0 Å². The lowest BCUT2D eigenvalue weighted by molar-refractivity contribution is -0.133. The van der Waals surface area contributed by atoms with Crippen LogP contribution < -0.4 is 4.31 Å². The van der Waals surface area contributed by atoms with Gasteiger partial charge in [0.05, 0.1) is 11.9 Å². The molecule has 0 radical (unpaired) electrons. The van der Waals surface area contributed by atoms with Crippen molar-refractivity contribution in [3.8, 4) is 0 Å². The molecule has 1 aliphatic rings. The van der Waals surface area contributed by atoms with Crippen LogP contribution >= 0.6 is 0 Å². The Morgan fingerprint density at radius 2 is 1.85 bits per heavy atom. The highest BCUT2D eigenvalue weighted by atomic mass is 32.2. The van der Waals surface area contributed by atoms with E-state index in [2.05, 4.69) is 0 Å². The second kappa shape index (κ2) is 8.07. The van der Waals surface area contributed by atoms with E-state index < -0.39 is 10.0 Å². The topological polar surface area (TPSA) is 78.0 Å². The van der Waals surface area contributed by atoms with Crippen LogP contribution in [-0.2, 0) is 19.6 Å². The molecular formula is C18H27N3O4S. The van der Waals surface area contributed by atoms with Crippen LogP contribution in [0.3, 0.4) is 0 Å². The monoisotopic (exact) mass is 381 g/mol. The first-order valence-electron chi connectivity index (χ1n) is 8.69. The first-order valence-corrected chi connectivity index (χ1v) is 10.5. The summed E-state index contributed by atoms with van der Waals surface area (Å²) in [4.78, 5) is 26.8. The van der Waals surface area contributed by atoms with Crippen LogP contribution in [0.5, 0.6) is 0 Å². The quantitative estimate of drug-likeness (QED) is 0.694. The van der Waals surface area contributed by atoms with Gasteiger partial charge in [-0.1, -0.05) is 32.0 Å². The summed E-state index contributed by atoms with van der Waals surface area (Å²) < 4.78 is 26.2. The van der Waals surface area contributed by atoms with Crippen molar-refractivity contribution in [3.05, 3.63) is 29.3 Å². The molecule has 0 atom stereocenters. The number of nitrogens with zero attached hydrogens (tertiary/aromatic N) is 3. The van der Waals surface area contributed by atoms with Crippen molar-refractivity contribution < 1.29 is 18.0 Å². The molecule has 26 heavy (non-hydrogen) atoms. The van der Waals surface area contributed by atoms with Gasteiger partial charge in [-0.15, -0.1) is 0 Å². The molecule has 0 unspecified atom stereocenters. The molecular weight excluding hydrogens is 354 g/mol. The van der Waals surface area contributed by atoms with Crippen molar-refractivity contribution in [1.82, 2.24) is 9.80 Å². The Labute approximate surface area is 155 Å². The number of piperazine rings is 1. The van der Waals surface area contributed by atoms with E-state index in [9.17, 15) is 18.0 Å². The van der Waals surface area contributed by atoms with Gasteiger partial charge in [-0.3, -0.25) is 13.9 Å². The Bertz CT molecular complexity index is 769. The number of carbonyl (C=O) groups excluding carboxylic acids is 2. The highest BCUT2D eigenvalue weighted by molar-refractivity contribution is 7.92. The predicted octanol–water partition coefficient (Wildman–Crippen LogP) is 1.19. The van der Waals surface area contributed by atoms with E-state index in [1.165, 1.54) is 4.31 Å². The Morgan fingerprint density at radius 3 is 2.35 bits per heavy atom. The standard InChI is InChI=1S/C18H27N3O4S/c1-14(2)16-7-5-6-15(3)18(16)21(26(4,24)25)12-17(23)20-10-8-19(13-22)9-11-20/h5-7,13-14H,8-12H2,1-4H3. The number of carbonyl (C=O) groups is 2. The van der Waals surface area contributed by atoms with E-state index in [-0.39, 0.29) is 18.4 Å². The molecule has 144 valence electrons. The molecule has 1 saturated heterocycles. The molecule has 0 spiro atoms. The van der Waals surface area contributed by atoms with Crippen LogP contribution in [0, 0.1) is 6.92 Å². The fraction of sp³-hybridized carbons (Fsp3) is 0.556. The highest BCUT2D eigenvalue weighted by Gasteiger charge is 2.29. The minimum atomic E-state index is -3.63. The molecule has 0 aliphatic carbocycles. The molecule has 1 aromatic carbocycles. The molecule has 7 nitrogen and oxygen atoms in total. The Hall–Kier alpha value is -2.09. The van der Waals surface area contributed by atoms with Crippen molar-refractivity contribution >= 4 is 28.0 Å². The Kier molecular flexibility index (Phi) is 6.28. The van der Waals surface area contributed by atoms with Crippen molar-refractivity contribution in [2.45, 2.75) is 26.7 Å². The zero-order valence-electron chi connectivity index (χ0n) is 15.8. The lowest BCUT2D eigenvalue weighted by atomic mass is 9.98. The molecule has 1 aromatic rings. The van der Waals surface area contributed by atoms with E-state index in [0.29, 0.717) is 31.9 Å². The SMILES string of the molecule is Cc1cccc(C(C)C)c1N(CC(=O)N1CCN(C=O)CC1)S(C)(=O)=O. The van der Waals surface area contributed by atoms with E-state index in [1.54, 1.807) is 9.80 Å². The van der Waals surface area contributed by atoms with Gasteiger partial charge in [0.25, 0.3) is 0 Å². The predicted molar refractivity (Wildman–Crippen MR) is 102 cm³/mol. The van der Waals surface area contributed by atoms with Gasteiger partial charge in [0.15, 0.2) is 0 Å². The van der Waals surface area contributed by atoms with Crippen LogP contribution in [0.15, 0.2) is 18.2 Å². The van der Waals surface area contributed by atoms with Crippen LogP contribution in [0.2, 0.25) is 0 Å². The van der Waals surface area contributed by atoms with Gasteiger partial charge >= 0.3 is 0 Å². The maximum Gasteiger partial charge on any atom is 0.243 e. The number of sulfonamides is 1. The third-order valence-electron chi connectivity index (χ3n) is 4.64. The summed E-state index contributed by atoms with van der Waals surface area (Å²) in [5, 5.41) is 0. The maximum atomic E-state index is 12.7. The Morgan fingerprint density at radius 1 is 1.23 bits per heavy atom. The molecule has 1 fully saturated rings. The number of para-hydroxylation sites is 1. The fourth-order valence-electron chi connectivity index (χ4n) is 3.15. The lowest BCUT2D eigenvalue weighted by Crippen LogP contribution is -2.51. The molecule has 2 rings (SSSR count). The second-order valence-electron chi connectivity index (χ2n) is 6.96. The van der Waals surface area contributed by atoms with Crippen LogP contribution in [0.4, 0.5) is 5.69 Å². The van der Waals surface area contributed by atoms with Crippen molar-refractivity contribution in [2.75, 3.05) is 43.3 Å². The number of anilines is 1. The summed E-state index contributed by atoms with van der Waals surface area (Å²) in [6.45, 7) is 7.39. The lowest BCUT2D eigenvalue weighted by Gasteiger charge is -2.34. The number of benzene rings is 1. The molecule has 1 heterocycles. The van der Waals surface area contributed by atoms with Crippen molar-refractivity contribution in [3.63, 3.8) is 0 Å². The smallest absolute Gasteiger partial charge is 0.243 e. The maximum absolute atomic E-state index is 12.7. The van der Waals surface area contributed by atoms with Gasteiger partial charge in [0.2, 0.25) is 22.3 Å². The highest BCUT2D eigenvalue weighted by Crippen LogP contribution is 2.32. The number of rotatable bonds is 6. The summed E-state index contributed by atoms with van der Waals surface area (Å²) in [6, 6.07) is 5.65. The van der Waals surface area contributed by atoms with E-state index in [0.717, 1.165) is 23.8 Å². The third-order valence-corrected chi connectivity index (χ3v) is 5.75. The van der Waals surface area contributed by atoms with Gasteiger partial charge < -0.3 is 9.80 Å². The number of hydrogen-bond acceptors (Lipinski definition) is 4. The first kappa shape index (κ1) is 20.2. The Balaban J connectivity index is 2.31.